The lowest BCUT2D eigenvalue weighted by Gasteiger charge is -2.34. The predicted octanol–water partition coefficient (Wildman–Crippen LogP) is 1.89. The van der Waals surface area contributed by atoms with Crippen LogP contribution in [-0.4, -0.2) is 43.5 Å². The molecular formula is C19H24ClN2O+. The normalized spacial score (nSPS) is 30.1. The topological polar surface area (TPSA) is 24.8 Å². The van der Waals surface area contributed by atoms with Gasteiger partial charge in [-0.1, -0.05) is 29.8 Å². The van der Waals surface area contributed by atoms with Crippen LogP contribution in [0.25, 0.3) is 0 Å². The fraction of sp³-hybridized carbons (Fsp3) is 0.526. The minimum atomic E-state index is 0.120. The number of nitrogens with zero attached hydrogens (tertiary/aromatic N) is 1. The molecule has 1 amide bonds. The molecular weight excluding hydrogens is 308 g/mol. The van der Waals surface area contributed by atoms with Gasteiger partial charge in [-0.3, -0.25) is 4.79 Å². The molecule has 4 heteroatoms. The van der Waals surface area contributed by atoms with E-state index in [4.69, 9.17) is 11.6 Å². The SMILES string of the molecule is O=C(c1cccc(Cl)c1)N1CC[NH+](C[C@@H]2C[C@@H]3C=C[C@H]2C3)CC1. The highest BCUT2D eigenvalue weighted by Gasteiger charge is 2.38. The van der Waals surface area contributed by atoms with Crippen LogP contribution in [0.3, 0.4) is 0 Å². The van der Waals surface area contributed by atoms with E-state index in [1.165, 1.54) is 19.4 Å². The first-order valence-electron chi connectivity index (χ1n) is 8.76. The van der Waals surface area contributed by atoms with E-state index in [9.17, 15) is 4.79 Å². The maximum absolute atomic E-state index is 12.6. The maximum Gasteiger partial charge on any atom is 0.254 e. The Balaban J connectivity index is 1.30. The molecule has 0 spiro atoms. The summed E-state index contributed by atoms with van der Waals surface area (Å²) in [5.74, 6) is 2.68. The number of hydrogen-bond donors (Lipinski definition) is 1. The Kier molecular flexibility index (Phi) is 4.16. The lowest BCUT2D eigenvalue weighted by atomic mass is 9.93. The van der Waals surface area contributed by atoms with Crippen molar-refractivity contribution in [2.24, 2.45) is 17.8 Å². The summed E-state index contributed by atoms with van der Waals surface area (Å²) in [6.45, 7) is 5.15. The molecule has 0 radical (unpaired) electrons. The number of allylic oxidation sites excluding steroid dienone is 2. The van der Waals surface area contributed by atoms with Crippen molar-refractivity contribution in [2.75, 3.05) is 32.7 Å². The fourth-order valence-electron chi connectivity index (χ4n) is 4.53. The number of halogens is 1. The summed E-state index contributed by atoms with van der Waals surface area (Å²) in [5.41, 5.74) is 0.708. The molecule has 0 unspecified atom stereocenters. The van der Waals surface area contributed by atoms with Crippen molar-refractivity contribution in [3.8, 4) is 0 Å². The Morgan fingerprint density at radius 1 is 1.22 bits per heavy atom. The number of benzene rings is 1. The highest BCUT2D eigenvalue weighted by atomic mass is 35.5. The molecule has 122 valence electrons. The van der Waals surface area contributed by atoms with Crippen LogP contribution in [0.4, 0.5) is 0 Å². The van der Waals surface area contributed by atoms with E-state index in [0.717, 1.165) is 43.9 Å². The first-order chi connectivity index (χ1) is 11.2. The average molecular weight is 332 g/mol. The molecule has 1 aliphatic heterocycles. The van der Waals surface area contributed by atoms with E-state index in [0.29, 0.717) is 10.6 Å². The molecule has 23 heavy (non-hydrogen) atoms. The molecule has 2 fully saturated rings. The van der Waals surface area contributed by atoms with Gasteiger partial charge in [0.1, 0.15) is 0 Å². The molecule has 1 aromatic rings. The molecule has 1 aromatic carbocycles. The van der Waals surface area contributed by atoms with Gasteiger partial charge in [-0.2, -0.15) is 0 Å². The molecule has 1 N–H and O–H groups in total. The third-order valence-corrected chi connectivity index (χ3v) is 6.03. The molecule has 3 nitrogen and oxygen atoms in total. The van der Waals surface area contributed by atoms with Crippen LogP contribution in [0.2, 0.25) is 5.02 Å². The quantitative estimate of drug-likeness (QED) is 0.841. The number of fused-ring (bicyclic) bond motifs is 2. The van der Waals surface area contributed by atoms with Crippen LogP contribution in [0.5, 0.6) is 0 Å². The molecule has 2 aliphatic carbocycles. The van der Waals surface area contributed by atoms with E-state index in [1.54, 1.807) is 11.0 Å². The van der Waals surface area contributed by atoms with Crippen molar-refractivity contribution >= 4 is 17.5 Å². The number of carbonyl (C=O) groups is 1. The van der Waals surface area contributed by atoms with Crippen LogP contribution >= 0.6 is 11.6 Å². The summed E-state index contributed by atoms with van der Waals surface area (Å²) < 4.78 is 0. The second kappa shape index (κ2) is 6.29. The van der Waals surface area contributed by atoms with Crippen molar-refractivity contribution in [3.63, 3.8) is 0 Å². The Labute approximate surface area is 142 Å². The van der Waals surface area contributed by atoms with Crippen LogP contribution in [0.1, 0.15) is 23.2 Å². The minimum Gasteiger partial charge on any atom is -0.332 e. The molecule has 3 aliphatic rings. The Morgan fingerprint density at radius 3 is 2.70 bits per heavy atom. The van der Waals surface area contributed by atoms with E-state index < -0.39 is 0 Å². The van der Waals surface area contributed by atoms with Crippen LogP contribution in [-0.2, 0) is 0 Å². The Morgan fingerprint density at radius 2 is 2.04 bits per heavy atom. The van der Waals surface area contributed by atoms with Crippen molar-refractivity contribution in [3.05, 3.63) is 47.0 Å². The van der Waals surface area contributed by atoms with Crippen LogP contribution in [0.15, 0.2) is 36.4 Å². The van der Waals surface area contributed by atoms with Gasteiger partial charge in [-0.15, -0.1) is 0 Å². The van der Waals surface area contributed by atoms with Gasteiger partial charge in [0.15, 0.2) is 0 Å². The Bertz CT molecular complexity index is 622. The zero-order valence-corrected chi connectivity index (χ0v) is 14.1. The summed E-state index contributed by atoms with van der Waals surface area (Å²) in [5, 5.41) is 0.629. The number of amides is 1. The van der Waals surface area contributed by atoms with Crippen molar-refractivity contribution < 1.29 is 9.69 Å². The zero-order chi connectivity index (χ0) is 15.8. The van der Waals surface area contributed by atoms with Crippen molar-refractivity contribution in [1.82, 2.24) is 4.90 Å². The summed E-state index contributed by atoms with van der Waals surface area (Å²) in [7, 11) is 0. The van der Waals surface area contributed by atoms with Gasteiger partial charge in [0.05, 0.1) is 32.7 Å². The summed E-state index contributed by atoms with van der Waals surface area (Å²) in [4.78, 5) is 16.2. The third-order valence-electron chi connectivity index (χ3n) is 5.80. The average Bonchev–Trinajstić information content (AvgIpc) is 3.18. The molecule has 1 saturated carbocycles. The standard InChI is InChI=1S/C19H23ClN2O/c20-18-3-1-2-16(12-18)19(23)22-8-6-21(7-9-22)13-17-11-14-4-5-15(17)10-14/h1-5,12,14-15,17H,6-11,13H2/p+1/t14-,15+,17+/m1/s1. The van der Waals surface area contributed by atoms with Gasteiger partial charge in [-0.25, -0.2) is 0 Å². The Hall–Kier alpha value is -1.32. The van der Waals surface area contributed by atoms with Gasteiger partial charge in [0.25, 0.3) is 5.91 Å². The highest BCUT2D eigenvalue weighted by molar-refractivity contribution is 6.30. The molecule has 2 bridgehead atoms. The summed E-state index contributed by atoms with van der Waals surface area (Å²) in [6, 6.07) is 7.28. The van der Waals surface area contributed by atoms with Gasteiger partial charge in [-0.05, 0) is 42.9 Å². The zero-order valence-electron chi connectivity index (χ0n) is 13.4. The number of piperazine rings is 1. The number of nitrogens with one attached hydrogen (secondary N) is 1. The first-order valence-corrected chi connectivity index (χ1v) is 9.13. The largest absolute Gasteiger partial charge is 0.332 e. The number of carbonyl (C=O) groups excluding carboxylic acids is 1. The third kappa shape index (κ3) is 3.17. The van der Waals surface area contributed by atoms with E-state index in [2.05, 4.69) is 12.2 Å². The van der Waals surface area contributed by atoms with Crippen molar-refractivity contribution in [1.29, 1.82) is 0 Å². The van der Waals surface area contributed by atoms with Gasteiger partial charge >= 0.3 is 0 Å². The monoisotopic (exact) mass is 331 g/mol. The second-order valence-electron chi connectivity index (χ2n) is 7.30. The predicted molar refractivity (Wildman–Crippen MR) is 91.8 cm³/mol. The van der Waals surface area contributed by atoms with E-state index in [-0.39, 0.29) is 5.91 Å². The maximum atomic E-state index is 12.6. The number of hydrogen-bond acceptors (Lipinski definition) is 1. The molecule has 1 saturated heterocycles. The molecule has 1 heterocycles. The van der Waals surface area contributed by atoms with Gasteiger partial charge < -0.3 is 9.80 Å². The summed E-state index contributed by atoms with van der Waals surface area (Å²) in [6.07, 6.45) is 7.63. The lowest BCUT2D eigenvalue weighted by Crippen LogP contribution is -3.15. The second-order valence-corrected chi connectivity index (χ2v) is 7.73. The number of rotatable bonds is 3. The first kappa shape index (κ1) is 15.2. The van der Waals surface area contributed by atoms with Crippen molar-refractivity contribution in [2.45, 2.75) is 12.8 Å². The van der Waals surface area contributed by atoms with Gasteiger partial charge in [0.2, 0.25) is 0 Å². The summed E-state index contributed by atoms with van der Waals surface area (Å²) >= 11 is 6.00. The molecule has 3 atom stereocenters. The number of quaternary nitrogens is 1. The van der Waals surface area contributed by atoms with E-state index >= 15 is 0 Å². The highest BCUT2D eigenvalue weighted by Crippen LogP contribution is 2.42. The molecule has 0 aromatic heterocycles. The van der Waals surface area contributed by atoms with E-state index in [1.807, 2.05) is 23.1 Å². The fourth-order valence-corrected chi connectivity index (χ4v) is 4.72. The smallest absolute Gasteiger partial charge is 0.254 e. The van der Waals surface area contributed by atoms with Crippen LogP contribution < -0.4 is 4.90 Å². The lowest BCUT2D eigenvalue weighted by molar-refractivity contribution is -0.907. The minimum absolute atomic E-state index is 0.120. The van der Waals surface area contributed by atoms with Crippen LogP contribution in [0, 0.1) is 17.8 Å². The molecule has 4 rings (SSSR count). The van der Waals surface area contributed by atoms with Gasteiger partial charge in [0, 0.05) is 16.5 Å².